The number of carbonyl (C=O) groups is 1. The molecule has 0 radical (unpaired) electrons. The minimum Gasteiger partial charge on any atom is -0.358 e. The summed E-state index contributed by atoms with van der Waals surface area (Å²) in [7, 11) is 0. The van der Waals surface area contributed by atoms with Gasteiger partial charge in [-0.15, -0.1) is 10.2 Å². The standard InChI is InChI=1S/C19H18F3N7OS/c20-19(21,22)17-26-27-18(31-17)23-9-13-8-11-7-12(11)10-28(13)16(30)14-3-1-2-4-15(14)29-24-5-6-25-29/h1-6,11-13H,7-10H2,(H,23,27)/t11-,12+,13+/m1/s1. The molecule has 0 spiro atoms. The lowest BCUT2D eigenvalue weighted by Crippen LogP contribution is -2.48. The van der Waals surface area contributed by atoms with E-state index in [9.17, 15) is 18.0 Å². The fourth-order valence-corrected chi connectivity index (χ4v) is 4.70. The molecule has 31 heavy (non-hydrogen) atoms. The van der Waals surface area contributed by atoms with Gasteiger partial charge in [-0.25, -0.2) is 0 Å². The van der Waals surface area contributed by atoms with Crippen LogP contribution in [0.25, 0.3) is 5.69 Å². The Bertz CT molecular complexity index is 1080. The van der Waals surface area contributed by atoms with Crippen molar-refractivity contribution in [3.63, 3.8) is 0 Å². The third-order valence-electron chi connectivity index (χ3n) is 5.70. The van der Waals surface area contributed by atoms with Crippen LogP contribution in [-0.2, 0) is 6.18 Å². The van der Waals surface area contributed by atoms with Crippen LogP contribution in [0.5, 0.6) is 0 Å². The van der Waals surface area contributed by atoms with Gasteiger partial charge in [0.05, 0.1) is 23.6 Å². The van der Waals surface area contributed by atoms with E-state index in [2.05, 4.69) is 25.7 Å². The van der Waals surface area contributed by atoms with Crippen LogP contribution in [0.15, 0.2) is 36.7 Å². The molecule has 1 aromatic carbocycles. The smallest absolute Gasteiger partial charge is 0.358 e. The fraction of sp³-hybridized carbons (Fsp3) is 0.421. The Kier molecular flexibility index (Phi) is 4.88. The summed E-state index contributed by atoms with van der Waals surface area (Å²) >= 11 is 0.465. The molecule has 1 saturated heterocycles. The lowest BCUT2D eigenvalue weighted by Gasteiger charge is -2.36. The van der Waals surface area contributed by atoms with Gasteiger partial charge < -0.3 is 10.2 Å². The number of para-hydroxylation sites is 1. The maximum atomic E-state index is 13.5. The van der Waals surface area contributed by atoms with Crippen molar-refractivity contribution in [3.05, 3.63) is 47.2 Å². The summed E-state index contributed by atoms with van der Waals surface area (Å²) in [6.07, 6.45) is 0.438. The number of halogens is 3. The second kappa shape index (κ2) is 7.59. The molecular formula is C19H18F3N7OS. The van der Waals surface area contributed by atoms with Gasteiger partial charge in [0.15, 0.2) is 0 Å². The average molecular weight is 449 g/mol. The monoisotopic (exact) mass is 449 g/mol. The van der Waals surface area contributed by atoms with Crippen LogP contribution in [0, 0.1) is 11.8 Å². The molecule has 2 aliphatic rings. The van der Waals surface area contributed by atoms with E-state index in [4.69, 9.17) is 0 Å². The van der Waals surface area contributed by atoms with Crippen LogP contribution in [0.1, 0.15) is 28.2 Å². The summed E-state index contributed by atoms with van der Waals surface area (Å²) in [5.41, 5.74) is 1.07. The Morgan fingerprint density at radius 3 is 2.65 bits per heavy atom. The summed E-state index contributed by atoms with van der Waals surface area (Å²) in [6, 6.07) is 6.97. The molecule has 1 saturated carbocycles. The number of nitrogens with zero attached hydrogens (tertiary/aromatic N) is 6. The van der Waals surface area contributed by atoms with Crippen LogP contribution in [0.4, 0.5) is 18.3 Å². The Morgan fingerprint density at radius 1 is 1.13 bits per heavy atom. The highest BCUT2D eigenvalue weighted by Crippen LogP contribution is 2.47. The van der Waals surface area contributed by atoms with Gasteiger partial charge in [-0.1, -0.05) is 23.5 Å². The molecule has 1 amide bonds. The molecule has 3 aromatic rings. The van der Waals surface area contributed by atoms with Crippen molar-refractivity contribution < 1.29 is 18.0 Å². The second-order valence-corrected chi connectivity index (χ2v) is 8.71. The van der Waals surface area contributed by atoms with Crippen molar-refractivity contribution in [1.29, 1.82) is 0 Å². The third-order valence-corrected chi connectivity index (χ3v) is 6.63. The Labute approximate surface area is 179 Å². The van der Waals surface area contributed by atoms with Crippen molar-refractivity contribution in [2.24, 2.45) is 11.8 Å². The van der Waals surface area contributed by atoms with E-state index in [1.165, 1.54) is 4.80 Å². The molecule has 5 rings (SSSR count). The average Bonchev–Trinajstić information content (AvgIpc) is 3.12. The topological polar surface area (TPSA) is 88.8 Å². The van der Waals surface area contributed by atoms with Crippen molar-refractivity contribution in [2.45, 2.75) is 25.1 Å². The van der Waals surface area contributed by atoms with Crippen LogP contribution < -0.4 is 5.32 Å². The summed E-state index contributed by atoms with van der Waals surface area (Å²) < 4.78 is 38.3. The first-order valence-electron chi connectivity index (χ1n) is 9.81. The van der Waals surface area contributed by atoms with E-state index >= 15 is 0 Å². The first-order valence-corrected chi connectivity index (χ1v) is 10.6. The second-order valence-electron chi connectivity index (χ2n) is 7.73. The molecule has 1 aliphatic carbocycles. The zero-order valence-electron chi connectivity index (χ0n) is 16.2. The Morgan fingerprint density at radius 2 is 1.90 bits per heavy atom. The zero-order valence-corrected chi connectivity index (χ0v) is 17.0. The van der Waals surface area contributed by atoms with E-state index in [1.807, 2.05) is 11.0 Å². The Balaban J connectivity index is 1.35. The third kappa shape index (κ3) is 3.99. The first kappa shape index (κ1) is 19.9. The summed E-state index contributed by atoms with van der Waals surface area (Å²) in [6.45, 7) is 0.935. The molecule has 3 heterocycles. The number of rotatable bonds is 5. The maximum absolute atomic E-state index is 13.5. The molecule has 2 aromatic heterocycles. The van der Waals surface area contributed by atoms with E-state index in [1.54, 1.807) is 30.6 Å². The van der Waals surface area contributed by atoms with Crippen molar-refractivity contribution in [3.8, 4) is 5.69 Å². The van der Waals surface area contributed by atoms with Crippen molar-refractivity contribution >= 4 is 22.4 Å². The highest BCUT2D eigenvalue weighted by molar-refractivity contribution is 7.15. The summed E-state index contributed by atoms with van der Waals surface area (Å²) in [5.74, 6) is 0.894. The van der Waals surface area contributed by atoms with E-state index in [-0.39, 0.29) is 17.1 Å². The molecule has 162 valence electrons. The number of amides is 1. The molecule has 12 heteroatoms. The minimum absolute atomic E-state index is 0.0961. The number of aromatic nitrogens is 5. The number of carbonyl (C=O) groups excluding carboxylic acids is 1. The van der Waals surface area contributed by atoms with Crippen molar-refractivity contribution in [1.82, 2.24) is 30.1 Å². The molecular weight excluding hydrogens is 431 g/mol. The molecule has 1 aliphatic heterocycles. The number of hydrogen-bond donors (Lipinski definition) is 1. The summed E-state index contributed by atoms with van der Waals surface area (Å²) in [4.78, 5) is 16.7. The molecule has 0 bridgehead atoms. The highest BCUT2D eigenvalue weighted by Gasteiger charge is 2.47. The number of fused-ring (bicyclic) bond motifs is 1. The van der Waals surface area contributed by atoms with Crippen LogP contribution in [-0.4, -0.2) is 55.1 Å². The summed E-state index contributed by atoms with van der Waals surface area (Å²) in [5, 5.41) is 17.1. The number of likely N-dealkylation sites (tertiary alicyclic amines) is 1. The molecule has 1 N–H and O–H groups in total. The minimum atomic E-state index is -4.52. The van der Waals surface area contributed by atoms with Gasteiger partial charge >= 0.3 is 6.18 Å². The van der Waals surface area contributed by atoms with E-state index in [0.717, 1.165) is 12.8 Å². The molecule has 3 atom stereocenters. The SMILES string of the molecule is O=C(c1ccccc1-n1nccn1)N1C[C@@H]2C[C@@H]2C[C@H]1CNc1nnc(C(F)(F)F)s1. The number of anilines is 1. The van der Waals surface area contributed by atoms with E-state index < -0.39 is 11.2 Å². The quantitative estimate of drug-likeness (QED) is 0.644. The van der Waals surface area contributed by atoms with Crippen molar-refractivity contribution in [2.75, 3.05) is 18.4 Å². The molecule has 0 unspecified atom stereocenters. The lowest BCUT2D eigenvalue weighted by molar-refractivity contribution is -0.138. The van der Waals surface area contributed by atoms with Crippen LogP contribution >= 0.6 is 11.3 Å². The highest BCUT2D eigenvalue weighted by atomic mass is 32.1. The van der Waals surface area contributed by atoms with E-state index in [0.29, 0.717) is 47.5 Å². The Hall–Kier alpha value is -3.02. The van der Waals surface area contributed by atoms with Crippen LogP contribution in [0.3, 0.4) is 0 Å². The van der Waals surface area contributed by atoms with Gasteiger partial charge in [0.2, 0.25) is 10.1 Å². The van der Waals surface area contributed by atoms with Crippen LogP contribution in [0.2, 0.25) is 0 Å². The van der Waals surface area contributed by atoms with Gasteiger partial charge in [0.1, 0.15) is 0 Å². The first-order chi connectivity index (χ1) is 14.9. The van der Waals surface area contributed by atoms with Gasteiger partial charge in [-0.05, 0) is 36.8 Å². The maximum Gasteiger partial charge on any atom is 0.445 e. The largest absolute Gasteiger partial charge is 0.445 e. The van der Waals surface area contributed by atoms with Gasteiger partial charge in [0.25, 0.3) is 5.91 Å². The fourth-order valence-electron chi connectivity index (χ4n) is 4.08. The number of hydrogen-bond acceptors (Lipinski definition) is 7. The number of piperidine rings is 1. The zero-order chi connectivity index (χ0) is 21.6. The normalized spacial score (nSPS) is 22.8. The molecule has 2 fully saturated rings. The number of alkyl halides is 3. The number of nitrogens with one attached hydrogen (secondary N) is 1. The van der Waals surface area contributed by atoms with Gasteiger partial charge in [0, 0.05) is 19.1 Å². The van der Waals surface area contributed by atoms with Gasteiger partial charge in [-0.3, -0.25) is 4.79 Å². The predicted molar refractivity (Wildman–Crippen MR) is 106 cm³/mol. The number of benzene rings is 1. The van der Waals surface area contributed by atoms with Gasteiger partial charge in [-0.2, -0.15) is 28.2 Å². The lowest BCUT2D eigenvalue weighted by atomic mass is 10.00. The predicted octanol–water partition coefficient (Wildman–Crippen LogP) is 3.10. The molecule has 8 nitrogen and oxygen atoms in total.